The third kappa shape index (κ3) is 3.90. The maximum atomic E-state index is 12.5. The smallest absolute Gasteiger partial charge is 0.343 e. The maximum Gasteiger partial charge on any atom is 0.343 e. The molecule has 1 fully saturated rings. The molecule has 7 nitrogen and oxygen atoms in total. The molecule has 0 saturated heterocycles. The molecule has 1 saturated carbocycles. The molecule has 1 amide bonds. The van der Waals surface area contributed by atoms with Crippen LogP contribution in [0.5, 0.6) is 0 Å². The predicted molar refractivity (Wildman–Crippen MR) is 97.4 cm³/mol. The molecule has 0 radical (unpaired) electrons. The number of aryl methyl sites for hydroxylation is 1. The summed E-state index contributed by atoms with van der Waals surface area (Å²) in [5.74, 6) is -0.414. The normalized spacial score (nSPS) is 14.6. The molecule has 0 unspecified atom stereocenters. The van der Waals surface area contributed by atoms with Crippen molar-refractivity contribution >= 4 is 11.9 Å². The van der Waals surface area contributed by atoms with E-state index in [1.54, 1.807) is 48.0 Å². The van der Waals surface area contributed by atoms with Crippen LogP contribution in [0.3, 0.4) is 0 Å². The molecule has 0 atom stereocenters. The van der Waals surface area contributed by atoms with E-state index in [-0.39, 0.29) is 41.3 Å². The minimum atomic E-state index is -0.725. The first-order valence-corrected chi connectivity index (χ1v) is 9.12. The average Bonchev–Trinajstić information content (AvgIpc) is 3.33. The Morgan fingerprint density at radius 1 is 1.30 bits per heavy atom. The summed E-state index contributed by atoms with van der Waals surface area (Å²) in [5, 5.41) is 9.49. The van der Waals surface area contributed by atoms with Crippen LogP contribution < -0.4 is 0 Å². The van der Waals surface area contributed by atoms with Crippen LogP contribution in [0.25, 0.3) is 5.88 Å². The molecule has 7 heteroatoms. The predicted octanol–water partition coefficient (Wildman–Crippen LogP) is 3.20. The number of hydrogen-bond acceptors (Lipinski definition) is 5. The van der Waals surface area contributed by atoms with Crippen molar-refractivity contribution in [2.75, 3.05) is 13.7 Å². The summed E-state index contributed by atoms with van der Waals surface area (Å²) in [5.41, 5.74) is 0.163. The Labute approximate surface area is 158 Å². The number of aromatic nitrogens is 1. The highest BCUT2D eigenvalue weighted by Crippen LogP contribution is 2.26. The second-order valence-corrected chi connectivity index (χ2v) is 6.79. The van der Waals surface area contributed by atoms with Gasteiger partial charge in [-0.05, 0) is 31.9 Å². The number of esters is 1. The minimum Gasteiger partial charge on any atom is -0.452 e. The zero-order valence-electron chi connectivity index (χ0n) is 15.6. The van der Waals surface area contributed by atoms with Crippen LogP contribution in [-0.2, 0) is 9.53 Å². The lowest BCUT2D eigenvalue weighted by atomic mass is 9.94. The molecule has 0 bridgehead atoms. The number of nitriles is 1. The van der Waals surface area contributed by atoms with Crippen molar-refractivity contribution < 1.29 is 18.7 Å². The fourth-order valence-corrected chi connectivity index (χ4v) is 3.50. The maximum absolute atomic E-state index is 12.5. The lowest BCUT2D eigenvalue weighted by Gasteiger charge is -2.31. The molecule has 0 aromatic carbocycles. The van der Waals surface area contributed by atoms with Gasteiger partial charge in [0, 0.05) is 25.5 Å². The molecule has 142 valence electrons. The van der Waals surface area contributed by atoms with Gasteiger partial charge in [0.25, 0.3) is 5.91 Å². The van der Waals surface area contributed by atoms with Crippen LogP contribution in [0, 0.1) is 18.3 Å². The topological polar surface area (TPSA) is 88.5 Å². The second kappa shape index (κ2) is 8.12. The van der Waals surface area contributed by atoms with Gasteiger partial charge in [-0.25, -0.2) is 4.79 Å². The molecule has 3 rings (SSSR count). The Kier molecular flexibility index (Phi) is 5.65. The fourth-order valence-electron chi connectivity index (χ4n) is 3.50. The van der Waals surface area contributed by atoms with Crippen molar-refractivity contribution in [3.8, 4) is 12.0 Å². The monoisotopic (exact) mass is 369 g/mol. The van der Waals surface area contributed by atoms with Gasteiger partial charge in [-0.15, -0.1) is 0 Å². The number of hydrogen-bond donors (Lipinski definition) is 0. The first-order valence-electron chi connectivity index (χ1n) is 9.12. The number of nitrogens with zero attached hydrogens (tertiary/aromatic N) is 3. The average molecular weight is 369 g/mol. The van der Waals surface area contributed by atoms with E-state index in [2.05, 4.69) is 0 Å². The largest absolute Gasteiger partial charge is 0.452 e. The molecule has 0 N–H and O–H groups in total. The van der Waals surface area contributed by atoms with Crippen molar-refractivity contribution in [2.45, 2.75) is 45.1 Å². The van der Waals surface area contributed by atoms with Gasteiger partial charge in [-0.1, -0.05) is 19.3 Å². The van der Waals surface area contributed by atoms with Crippen LogP contribution in [0.15, 0.2) is 28.9 Å². The van der Waals surface area contributed by atoms with Crippen molar-refractivity contribution in [1.82, 2.24) is 9.47 Å². The third-order valence-corrected chi connectivity index (χ3v) is 5.06. The number of carbonyl (C=O) groups excluding carboxylic acids is 2. The summed E-state index contributed by atoms with van der Waals surface area (Å²) in [6.45, 7) is 1.25. The zero-order valence-corrected chi connectivity index (χ0v) is 15.6. The van der Waals surface area contributed by atoms with E-state index in [4.69, 9.17) is 9.15 Å². The number of likely N-dealkylation sites (N-methyl/N-ethyl adjacent to an activating group) is 1. The van der Waals surface area contributed by atoms with Gasteiger partial charge in [0.05, 0.1) is 0 Å². The molecule has 1 aliphatic carbocycles. The third-order valence-electron chi connectivity index (χ3n) is 5.06. The summed E-state index contributed by atoms with van der Waals surface area (Å²) in [6, 6.07) is 5.79. The van der Waals surface area contributed by atoms with E-state index < -0.39 is 5.97 Å². The van der Waals surface area contributed by atoms with E-state index in [1.807, 2.05) is 6.07 Å². The highest BCUT2D eigenvalue weighted by atomic mass is 16.5. The zero-order chi connectivity index (χ0) is 19.4. The first kappa shape index (κ1) is 18.8. The summed E-state index contributed by atoms with van der Waals surface area (Å²) in [4.78, 5) is 26.6. The molecule has 0 spiro atoms. The van der Waals surface area contributed by atoms with Gasteiger partial charge >= 0.3 is 5.97 Å². The molecule has 27 heavy (non-hydrogen) atoms. The number of rotatable bonds is 5. The Morgan fingerprint density at radius 3 is 2.59 bits per heavy atom. The lowest BCUT2D eigenvalue weighted by Crippen LogP contribution is -2.40. The van der Waals surface area contributed by atoms with E-state index >= 15 is 0 Å². The van der Waals surface area contributed by atoms with E-state index in [1.165, 1.54) is 6.42 Å². The van der Waals surface area contributed by atoms with Gasteiger partial charge in [-0.3, -0.25) is 9.36 Å². The van der Waals surface area contributed by atoms with E-state index in [0.717, 1.165) is 25.7 Å². The molecular weight excluding hydrogens is 346 g/mol. The lowest BCUT2D eigenvalue weighted by molar-refractivity contribution is -0.135. The first-order chi connectivity index (χ1) is 13.0. The molecule has 2 aromatic heterocycles. The van der Waals surface area contributed by atoms with E-state index in [0.29, 0.717) is 0 Å². The van der Waals surface area contributed by atoms with Crippen molar-refractivity contribution in [1.29, 1.82) is 5.26 Å². The highest BCUT2D eigenvalue weighted by Gasteiger charge is 2.27. The van der Waals surface area contributed by atoms with Gasteiger partial charge in [0.1, 0.15) is 23.0 Å². The SMILES string of the molecule is Cc1oc(-n2cccc2)c(C#N)c1C(=O)OCC(=O)N(C)C1CCCCC1. The molecule has 1 aliphatic rings. The fraction of sp³-hybridized carbons (Fsp3) is 0.450. The number of carbonyl (C=O) groups is 2. The van der Waals surface area contributed by atoms with Crippen molar-refractivity contribution in [3.05, 3.63) is 41.4 Å². The second-order valence-electron chi connectivity index (χ2n) is 6.79. The standard InChI is InChI=1S/C20H23N3O4/c1-14-18(16(12-21)19(27-14)23-10-6-7-11-23)20(25)26-13-17(24)22(2)15-8-4-3-5-9-15/h6-7,10-11,15H,3-5,8-9,13H2,1-2H3. The van der Waals surface area contributed by atoms with Gasteiger partial charge < -0.3 is 14.1 Å². The summed E-state index contributed by atoms with van der Waals surface area (Å²) in [6.07, 6.45) is 8.83. The summed E-state index contributed by atoms with van der Waals surface area (Å²) < 4.78 is 12.4. The van der Waals surface area contributed by atoms with Crippen LogP contribution in [0.1, 0.15) is 53.8 Å². The Hall–Kier alpha value is -3.01. The number of ether oxygens (including phenoxy) is 1. The van der Waals surface area contributed by atoms with Gasteiger partial charge in [-0.2, -0.15) is 5.26 Å². The minimum absolute atomic E-state index is 0.0642. The molecule has 2 heterocycles. The van der Waals surface area contributed by atoms with Crippen LogP contribution in [-0.4, -0.2) is 41.0 Å². The van der Waals surface area contributed by atoms with Crippen molar-refractivity contribution in [2.24, 2.45) is 0 Å². The summed E-state index contributed by atoms with van der Waals surface area (Å²) in [7, 11) is 1.75. The van der Waals surface area contributed by atoms with Crippen LogP contribution >= 0.6 is 0 Å². The Balaban J connectivity index is 1.69. The molecule has 0 aliphatic heterocycles. The number of amides is 1. The summed E-state index contributed by atoms with van der Waals surface area (Å²) >= 11 is 0. The van der Waals surface area contributed by atoms with E-state index in [9.17, 15) is 14.9 Å². The van der Waals surface area contributed by atoms with Crippen molar-refractivity contribution in [3.63, 3.8) is 0 Å². The quantitative estimate of drug-likeness (QED) is 0.755. The van der Waals surface area contributed by atoms with Gasteiger partial charge in [0.2, 0.25) is 5.88 Å². The number of furan rings is 1. The molecule has 2 aromatic rings. The van der Waals surface area contributed by atoms with Crippen LogP contribution in [0.2, 0.25) is 0 Å². The Morgan fingerprint density at radius 2 is 1.96 bits per heavy atom. The van der Waals surface area contributed by atoms with Crippen LogP contribution in [0.4, 0.5) is 0 Å². The molecular formula is C20H23N3O4. The highest BCUT2D eigenvalue weighted by molar-refractivity contribution is 5.95. The van der Waals surface area contributed by atoms with Gasteiger partial charge in [0.15, 0.2) is 6.61 Å². The Bertz CT molecular complexity index is 855.